The van der Waals surface area contributed by atoms with Crippen LogP contribution in [0.5, 0.6) is 0 Å². The molecule has 0 N–H and O–H groups in total. The van der Waals surface area contributed by atoms with Gasteiger partial charge in [0.1, 0.15) is 6.61 Å². The van der Waals surface area contributed by atoms with E-state index in [9.17, 15) is 14.4 Å². The lowest BCUT2D eigenvalue weighted by molar-refractivity contribution is 0.0535. The van der Waals surface area contributed by atoms with Crippen molar-refractivity contribution in [3.63, 3.8) is 0 Å². The molecule has 29 heavy (non-hydrogen) atoms. The predicted octanol–water partition coefficient (Wildman–Crippen LogP) is 3.58. The van der Waals surface area contributed by atoms with Gasteiger partial charge in [-0.15, -0.1) is 0 Å². The second-order valence-corrected chi connectivity index (χ2v) is 7.95. The lowest BCUT2D eigenvalue weighted by atomic mass is 9.90. The third kappa shape index (κ3) is 3.50. The van der Waals surface area contributed by atoms with Crippen LogP contribution in [0.4, 0.5) is 4.79 Å². The summed E-state index contributed by atoms with van der Waals surface area (Å²) in [7, 11) is 0. The average Bonchev–Trinajstić information content (AvgIpc) is 3.27. The number of carbonyl (C=O) groups excluding carboxylic acids is 3. The maximum Gasteiger partial charge on any atom is 0.410 e. The van der Waals surface area contributed by atoms with E-state index in [1.807, 2.05) is 30.3 Å². The number of hydrogen-bond acceptors (Lipinski definition) is 4. The fraction of sp³-hybridized carbons (Fsp3) is 0.348. The second-order valence-electron chi connectivity index (χ2n) is 7.95. The van der Waals surface area contributed by atoms with Crippen LogP contribution in [0, 0.1) is 11.8 Å². The van der Waals surface area contributed by atoms with Gasteiger partial charge in [-0.2, -0.15) is 0 Å². The van der Waals surface area contributed by atoms with Gasteiger partial charge < -0.3 is 9.64 Å². The molecule has 6 nitrogen and oxygen atoms in total. The molecule has 2 aliphatic rings. The van der Waals surface area contributed by atoms with Crippen LogP contribution in [0.15, 0.2) is 54.6 Å². The van der Waals surface area contributed by atoms with Crippen LogP contribution in [0.25, 0.3) is 0 Å². The smallest absolute Gasteiger partial charge is 0.410 e. The number of benzene rings is 2. The first-order valence-electron chi connectivity index (χ1n) is 9.90. The summed E-state index contributed by atoms with van der Waals surface area (Å²) in [5.74, 6) is -0.348. The summed E-state index contributed by atoms with van der Waals surface area (Å²) < 4.78 is 5.47. The molecule has 2 atom stereocenters. The first-order chi connectivity index (χ1) is 14.0. The summed E-state index contributed by atoms with van der Waals surface area (Å²) in [5, 5.41) is 0. The maximum atomic E-state index is 12.9. The van der Waals surface area contributed by atoms with Crippen LogP contribution in [0.1, 0.15) is 40.1 Å². The summed E-state index contributed by atoms with van der Waals surface area (Å²) in [6.45, 7) is 5.05. The van der Waals surface area contributed by atoms with Gasteiger partial charge in [0.2, 0.25) is 0 Å². The molecular weight excluding hydrogens is 368 g/mol. The molecular formula is C23H24N2O4. The SMILES string of the molecule is CC(C)[C@H]1CN(C(=O)OCc2ccccc2)C[C@H]1N1C(=O)c2ccccc2C1=O. The van der Waals surface area contributed by atoms with Crippen molar-refractivity contribution in [1.29, 1.82) is 0 Å². The maximum absolute atomic E-state index is 12.9. The first kappa shape index (κ1) is 19.2. The molecule has 6 heteroatoms. The Labute approximate surface area is 170 Å². The molecule has 0 radical (unpaired) electrons. The molecule has 0 aliphatic carbocycles. The van der Waals surface area contributed by atoms with E-state index in [0.29, 0.717) is 24.2 Å². The third-order valence-electron chi connectivity index (χ3n) is 5.81. The Kier molecular flexibility index (Phi) is 5.09. The van der Waals surface area contributed by atoms with Crippen LogP contribution in [0.2, 0.25) is 0 Å². The van der Waals surface area contributed by atoms with Crippen LogP contribution in [0.3, 0.4) is 0 Å². The molecule has 2 heterocycles. The van der Waals surface area contributed by atoms with Gasteiger partial charge in [-0.25, -0.2) is 4.79 Å². The van der Waals surface area contributed by atoms with E-state index in [0.717, 1.165) is 5.56 Å². The molecule has 2 aromatic carbocycles. The highest BCUT2D eigenvalue weighted by molar-refractivity contribution is 6.21. The van der Waals surface area contributed by atoms with E-state index in [4.69, 9.17) is 4.74 Å². The highest BCUT2D eigenvalue weighted by Gasteiger charge is 2.48. The largest absolute Gasteiger partial charge is 0.445 e. The Hall–Kier alpha value is -3.15. The molecule has 2 aliphatic heterocycles. The Morgan fingerprint density at radius 2 is 1.55 bits per heavy atom. The Morgan fingerprint density at radius 1 is 0.966 bits per heavy atom. The molecule has 1 saturated heterocycles. The summed E-state index contributed by atoms with van der Waals surface area (Å²) >= 11 is 0. The molecule has 0 aromatic heterocycles. The summed E-state index contributed by atoms with van der Waals surface area (Å²) in [6.07, 6.45) is -0.418. The minimum Gasteiger partial charge on any atom is -0.445 e. The summed E-state index contributed by atoms with van der Waals surface area (Å²) in [6, 6.07) is 16.0. The summed E-state index contributed by atoms with van der Waals surface area (Å²) in [5.41, 5.74) is 1.78. The summed E-state index contributed by atoms with van der Waals surface area (Å²) in [4.78, 5) is 41.4. The standard InChI is InChI=1S/C23H24N2O4/c1-15(2)19-12-24(23(28)29-14-16-8-4-3-5-9-16)13-20(19)25-21(26)17-10-6-7-11-18(17)22(25)27/h3-11,15,19-20H,12-14H2,1-2H3/t19-,20-/m1/s1. The van der Waals surface area contributed by atoms with Gasteiger partial charge in [0.25, 0.3) is 11.8 Å². The van der Waals surface area contributed by atoms with Crippen molar-refractivity contribution in [3.05, 3.63) is 71.3 Å². The van der Waals surface area contributed by atoms with Crippen LogP contribution < -0.4 is 0 Å². The number of carbonyl (C=O) groups is 3. The zero-order valence-corrected chi connectivity index (χ0v) is 16.6. The van der Waals surface area contributed by atoms with Crippen molar-refractivity contribution >= 4 is 17.9 Å². The van der Waals surface area contributed by atoms with E-state index in [-0.39, 0.29) is 36.3 Å². The van der Waals surface area contributed by atoms with Crippen molar-refractivity contribution in [2.75, 3.05) is 13.1 Å². The highest BCUT2D eigenvalue weighted by Crippen LogP contribution is 2.34. The minimum absolute atomic E-state index is 0.00138. The van der Waals surface area contributed by atoms with E-state index in [1.54, 1.807) is 29.2 Å². The number of fused-ring (bicyclic) bond motifs is 1. The van der Waals surface area contributed by atoms with E-state index >= 15 is 0 Å². The Balaban J connectivity index is 1.50. The predicted molar refractivity (Wildman–Crippen MR) is 107 cm³/mol. The highest BCUT2D eigenvalue weighted by atomic mass is 16.6. The van der Waals surface area contributed by atoms with Gasteiger partial charge in [-0.3, -0.25) is 14.5 Å². The Morgan fingerprint density at radius 3 is 2.14 bits per heavy atom. The molecule has 1 fully saturated rings. The number of nitrogens with zero attached hydrogens (tertiary/aromatic N) is 2. The van der Waals surface area contributed by atoms with Crippen molar-refractivity contribution in [2.45, 2.75) is 26.5 Å². The quantitative estimate of drug-likeness (QED) is 0.746. The normalized spacial score (nSPS) is 21.1. The molecule has 0 saturated carbocycles. The van der Waals surface area contributed by atoms with Crippen molar-refractivity contribution in [1.82, 2.24) is 9.80 Å². The lowest BCUT2D eigenvalue weighted by Gasteiger charge is -2.28. The fourth-order valence-corrected chi connectivity index (χ4v) is 4.21. The van der Waals surface area contributed by atoms with Gasteiger partial charge >= 0.3 is 6.09 Å². The molecule has 0 unspecified atom stereocenters. The number of hydrogen-bond donors (Lipinski definition) is 0. The average molecular weight is 392 g/mol. The van der Waals surface area contributed by atoms with Crippen LogP contribution >= 0.6 is 0 Å². The van der Waals surface area contributed by atoms with E-state index < -0.39 is 6.09 Å². The van der Waals surface area contributed by atoms with Gasteiger partial charge in [-0.05, 0) is 23.6 Å². The molecule has 0 bridgehead atoms. The fourth-order valence-electron chi connectivity index (χ4n) is 4.21. The number of ether oxygens (including phenoxy) is 1. The topological polar surface area (TPSA) is 66.9 Å². The zero-order chi connectivity index (χ0) is 20.5. The van der Waals surface area contributed by atoms with Gasteiger partial charge in [0, 0.05) is 19.0 Å². The molecule has 150 valence electrons. The van der Waals surface area contributed by atoms with Crippen molar-refractivity contribution < 1.29 is 19.1 Å². The Bertz CT molecular complexity index is 906. The van der Waals surface area contributed by atoms with Gasteiger partial charge in [-0.1, -0.05) is 56.3 Å². The molecule has 4 rings (SSSR count). The molecule has 0 spiro atoms. The minimum atomic E-state index is -0.418. The molecule has 3 amide bonds. The monoisotopic (exact) mass is 392 g/mol. The first-order valence-corrected chi connectivity index (χ1v) is 9.90. The van der Waals surface area contributed by atoms with Crippen molar-refractivity contribution in [2.24, 2.45) is 11.8 Å². The van der Waals surface area contributed by atoms with Crippen LogP contribution in [-0.2, 0) is 11.3 Å². The van der Waals surface area contributed by atoms with Crippen molar-refractivity contribution in [3.8, 4) is 0 Å². The zero-order valence-electron chi connectivity index (χ0n) is 16.6. The van der Waals surface area contributed by atoms with Gasteiger partial charge in [0.05, 0.1) is 17.2 Å². The lowest BCUT2D eigenvalue weighted by Crippen LogP contribution is -2.46. The van der Waals surface area contributed by atoms with E-state index in [1.165, 1.54) is 4.90 Å². The number of imide groups is 1. The van der Waals surface area contributed by atoms with E-state index in [2.05, 4.69) is 13.8 Å². The second kappa shape index (κ2) is 7.70. The third-order valence-corrected chi connectivity index (χ3v) is 5.81. The van der Waals surface area contributed by atoms with Gasteiger partial charge in [0.15, 0.2) is 0 Å². The number of amides is 3. The van der Waals surface area contributed by atoms with Crippen LogP contribution in [-0.4, -0.2) is 46.8 Å². The number of likely N-dealkylation sites (tertiary alicyclic amines) is 1. The number of rotatable bonds is 4. The molecule has 2 aromatic rings.